The second-order valence-corrected chi connectivity index (χ2v) is 5.85. The Labute approximate surface area is 118 Å². The van der Waals surface area contributed by atoms with E-state index in [1.165, 1.54) is 50.8 Å². The molecule has 0 saturated carbocycles. The number of rotatable bonds is 6. The zero-order chi connectivity index (χ0) is 13.5. The van der Waals surface area contributed by atoms with Crippen LogP contribution in [0.3, 0.4) is 0 Å². The van der Waals surface area contributed by atoms with Crippen LogP contribution in [0.1, 0.15) is 38.2 Å². The van der Waals surface area contributed by atoms with Gasteiger partial charge >= 0.3 is 0 Å². The number of nitrogens with zero attached hydrogens (tertiary/aromatic N) is 1. The largest absolute Gasteiger partial charge is 0.329 e. The van der Waals surface area contributed by atoms with E-state index in [9.17, 15) is 0 Å². The SMILES string of the molecule is CCCC(CN)N1CCC(Cc2ccccc2)CC1. The first-order valence-corrected chi connectivity index (χ1v) is 7.81. The lowest BCUT2D eigenvalue weighted by molar-refractivity contribution is 0.129. The lowest BCUT2D eigenvalue weighted by Gasteiger charge is -2.37. The summed E-state index contributed by atoms with van der Waals surface area (Å²) in [6.07, 6.45) is 6.39. The maximum Gasteiger partial charge on any atom is 0.0218 e. The van der Waals surface area contributed by atoms with Gasteiger partial charge in [-0.05, 0) is 50.3 Å². The van der Waals surface area contributed by atoms with Crippen LogP contribution in [-0.2, 0) is 6.42 Å². The minimum atomic E-state index is 0.614. The average Bonchev–Trinajstić information content (AvgIpc) is 2.47. The first-order chi connectivity index (χ1) is 9.33. The molecule has 2 heteroatoms. The Bertz CT molecular complexity index is 342. The predicted octanol–water partition coefficient (Wildman–Crippen LogP) is 3.07. The molecule has 1 unspecified atom stereocenters. The van der Waals surface area contributed by atoms with Gasteiger partial charge in [0.15, 0.2) is 0 Å². The molecule has 1 heterocycles. The molecule has 0 aliphatic carbocycles. The van der Waals surface area contributed by atoms with Gasteiger partial charge in [-0.2, -0.15) is 0 Å². The summed E-state index contributed by atoms with van der Waals surface area (Å²) in [5.41, 5.74) is 7.40. The fourth-order valence-corrected chi connectivity index (χ4v) is 3.25. The Balaban J connectivity index is 1.79. The van der Waals surface area contributed by atoms with Crippen LogP contribution in [-0.4, -0.2) is 30.6 Å². The quantitative estimate of drug-likeness (QED) is 0.851. The average molecular weight is 260 g/mol. The van der Waals surface area contributed by atoms with E-state index < -0.39 is 0 Å². The maximum absolute atomic E-state index is 5.91. The van der Waals surface area contributed by atoms with Gasteiger partial charge < -0.3 is 5.73 Å². The van der Waals surface area contributed by atoms with Crippen LogP contribution < -0.4 is 5.73 Å². The molecular weight excluding hydrogens is 232 g/mol. The monoisotopic (exact) mass is 260 g/mol. The summed E-state index contributed by atoms with van der Waals surface area (Å²) < 4.78 is 0. The lowest BCUT2D eigenvalue weighted by Crippen LogP contribution is -2.45. The van der Waals surface area contributed by atoms with Crippen molar-refractivity contribution in [3.05, 3.63) is 35.9 Å². The maximum atomic E-state index is 5.91. The Morgan fingerprint density at radius 3 is 2.47 bits per heavy atom. The molecule has 0 bridgehead atoms. The normalized spacial score (nSPS) is 19.5. The predicted molar refractivity (Wildman–Crippen MR) is 82.2 cm³/mol. The molecule has 106 valence electrons. The summed E-state index contributed by atoms with van der Waals surface area (Å²) in [6, 6.07) is 11.5. The zero-order valence-corrected chi connectivity index (χ0v) is 12.2. The number of piperidine rings is 1. The Morgan fingerprint density at radius 1 is 1.21 bits per heavy atom. The van der Waals surface area contributed by atoms with E-state index in [0.29, 0.717) is 6.04 Å². The van der Waals surface area contributed by atoms with Crippen LogP contribution in [0.15, 0.2) is 30.3 Å². The van der Waals surface area contributed by atoms with Gasteiger partial charge in [0.05, 0.1) is 0 Å². The molecule has 1 saturated heterocycles. The van der Waals surface area contributed by atoms with Crippen molar-refractivity contribution >= 4 is 0 Å². The van der Waals surface area contributed by atoms with E-state index in [0.717, 1.165) is 12.5 Å². The third-order valence-electron chi connectivity index (χ3n) is 4.43. The third-order valence-corrected chi connectivity index (χ3v) is 4.43. The molecular formula is C17H28N2. The molecule has 0 aromatic heterocycles. The van der Waals surface area contributed by atoms with Gasteiger partial charge in [-0.15, -0.1) is 0 Å². The molecule has 1 aliphatic rings. The molecule has 2 rings (SSSR count). The van der Waals surface area contributed by atoms with Crippen LogP contribution in [0.25, 0.3) is 0 Å². The van der Waals surface area contributed by atoms with Crippen LogP contribution in [0.4, 0.5) is 0 Å². The number of hydrogen-bond donors (Lipinski definition) is 1. The highest BCUT2D eigenvalue weighted by Crippen LogP contribution is 2.23. The van der Waals surface area contributed by atoms with Crippen molar-refractivity contribution in [3.63, 3.8) is 0 Å². The summed E-state index contributed by atoms with van der Waals surface area (Å²) in [7, 11) is 0. The van der Waals surface area contributed by atoms with Crippen molar-refractivity contribution in [3.8, 4) is 0 Å². The van der Waals surface area contributed by atoms with Gasteiger partial charge in [0.1, 0.15) is 0 Å². The second-order valence-electron chi connectivity index (χ2n) is 5.85. The molecule has 1 aromatic rings. The van der Waals surface area contributed by atoms with Gasteiger partial charge in [0, 0.05) is 12.6 Å². The number of hydrogen-bond acceptors (Lipinski definition) is 2. The molecule has 1 atom stereocenters. The van der Waals surface area contributed by atoms with Gasteiger partial charge in [-0.3, -0.25) is 4.90 Å². The minimum absolute atomic E-state index is 0.614. The van der Waals surface area contributed by atoms with Crippen molar-refractivity contribution in [2.75, 3.05) is 19.6 Å². The van der Waals surface area contributed by atoms with Crippen molar-refractivity contribution < 1.29 is 0 Å². The molecule has 2 nitrogen and oxygen atoms in total. The molecule has 0 amide bonds. The summed E-state index contributed by atoms with van der Waals surface area (Å²) in [5, 5.41) is 0. The van der Waals surface area contributed by atoms with Crippen molar-refractivity contribution in [2.45, 2.75) is 45.1 Å². The molecule has 1 fully saturated rings. The van der Waals surface area contributed by atoms with Crippen LogP contribution in [0, 0.1) is 5.92 Å². The minimum Gasteiger partial charge on any atom is -0.329 e. The molecule has 1 aromatic carbocycles. The highest BCUT2D eigenvalue weighted by molar-refractivity contribution is 5.15. The Hall–Kier alpha value is -0.860. The lowest BCUT2D eigenvalue weighted by atomic mass is 9.89. The highest BCUT2D eigenvalue weighted by Gasteiger charge is 2.23. The standard InChI is InChI=1S/C17H28N2/c1-2-6-17(14-18)19-11-9-16(10-12-19)13-15-7-4-3-5-8-15/h3-5,7-8,16-17H,2,6,9-14,18H2,1H3. The smallest absolute Gasteiger partial charge is 0.0218 e. The Morgan fingerprint density at radius 2 is 1.89 bits per heavy atom. The molecule has 0 radical (unpaired) electrons. The third kappa shape index (κ3) is 4.32. The van der Waals surface area contributed by atoms with Gasteiger partial charge in [-0.1, -0.05) is 43.7 Å². The van der Waals surface area contributed by atoms with Gasteiger partial charge in [0.2, 0.25) is 0 Å². The van der Waals surface area contributed by atoms with Crippen LogP contribution in [0.2, 0.25) is 0 Å². The number of likely N-dealkylation sites (tertiary alicyclic amines) is 1. The molecule has 0 spiro atoms. The van der Waals surface area contributed by atoms with E-state index in [1.54, 1.807) is 0 Å². The fourth-order valence-electron chi connectivity index (χ4n) is 3.25. The zero-order valence-electron chi connectivity index (χ0n) is 12.2. The first-order valence-electron chi connectivity index (χ1n) is 7.81. The van der Waals surface area contributed by atoms with E-state index >= 15 is 0 Å². The topological polar surface area (TPSA) is 29.3 Å². The second kappa shape index (κ2) is 7.66. The van der Waals surface area contributed by atoms with E-state index in [-0.39, 0.29) is 0 Å². The first kappa shape index (κ1) is 14.5. The summed E-state index contributed by atoms with van der Waals surface area (Å²) in [6.45, 7) is 5.54. The van der Waals surface area contributed by atoms with E-state index in [2.05, 4.69) is 42.2 Å². The van der Waals surface area contributed by atoms with Crippen LogP contribution in [0.5, 0.6) is 0 Å². The molecule has 2 N–H and O–H groups in total. The van der Waals surface area contributed by atoms with Crippen molar-refractivity contribution in [1.82, 2.24) is 4.90 Å². The Kier molecular flexibility index (Phi) is 5.87. The van der Waals surface area contributed by atoms with Gasteiger partial charge in [-0.25, -0.2) is 0 Å². The van der Waals surface area contributed by atoms with Crippen molar-refractivity contribution in [2.24, 2.45) is 11.7 Å². The molecule has 19 heavy (non-hydrogen) atoms. The van der Waals surface area contributed by atoms with E-state index in [4.69, 9.17) is 5.73 Å². The van der Waals surface area contributed by atoms with Crippen LogP contribution >= 0.6 is 0 Å². The summed E-state index contributed by atoms with van der Waals surface area (Å²) >= 11 is 0. The number of benzene rings is 1. The van der Waals surface area contributed by atoms with Gasteiger partial charge in [0.25, 0.3) is 0 Å². The summed E-state index contributed by atoms with van der Waals surface area (Å²) in [4.78, 5) is 2.62. The highest BCUT2D eigenvalue weighted by atomic mass is 15.2. The number of nitrogens with two attached hydrogens (primary N) is 1. The van der Waals surface area contributed by atoms with Crippen molar-refractivity contribution in [1.29, 1.82) is 0 Å². The molecule has 1 aliphatic heterocycles. The van der Waals surface area contributed by atoms with E-state index in [1.807, 2.05) is 0 Å². The fraction of sp³-hybridized carbons (Fsp3) is 0.647. The summed E-state index contributed by atoms with van der Waals surface area (Å²) in [5.74, 6) is 0.860.